The van der Waals surface area contributed by atoms with Crippen LogP contribution in [0.15, 0.2) is 39.3 Å². The van der Waals surface area contributed by atoms with Crippen LogP contribution in [0.5, 0.6) is 0 Å². The molecule has 2 heterocycles. The van der Waals surface area contributed by atoms with Gasteiger partial charge in [0.25, 0.3) is 5.91 Å². The lowest BCUT2D eigenvalue weighted by Crippen LogP contribution is -2.41. The molecule has 0 saturated carbocycles. The number of urea groups is 1. The molecule has 0 aliphatic carbocycles. The molecule has 1 aromatic carbocycles. The minimum Gasteiger partial charge on any atom is -0.359 e. The Morgan fingerprint density at radius 3 is 2.73 bits per heavy atom. The van der Waals surface area contributed by atoms with Crippen molar-refractivity contribution in [2.24, 2.45) is 0 Å². The van der Waals surface area contributed by atoms with Gasteiger partial charge in [-0.15, -0.1) is 0 Å². The molecule has 1 saturated heterocycles. The Labute approximate surface area is 135 Å². The van der Waals surface area contributed by atoms with E-state index in [1.54, 1.807) is 19.9 Å². The second kappa shape index (κ2) is 5.24. The van der Waals surface area contributed by atoms with Crippen molar-refractivity contribution < 1.29 is 14.1 Å². The van der Waals surface area contributed by atoms with Gasteiger partial charge in [-0.2, -0.15) is 0 Å². The molecule has 114 valence electrons. The number of nitrogens with one attached hydrogen (secondary N) is 1. The van der Waals surface area contributed by atoms with Crippen LogP contribution in [-0.2, 0) is 16.9 Å². The van der Waals surface area contributed by atoms with Gasteiger partial charge in [0.1, 0.15) is 5.54 Å². The van der Waals surface area contributed by atoms with E-state index in [1.807, 2.05) is 24.3 Å². The molecule has 0 bridgehead atoms. The molecule has 2 aromatic rings. The first-order valence-electron chi connectivity index (χ1n) is 6.73. The average molecular weight is 364 g/mol. The molecule has 1 unspecified atom stereocenters. The highest BCUT2D eigenvalue weighted by Gasteiger charge is 2.49. The summed E-state index contributed by atoms with van der Waals surface area (Å²) in [5, 5.41) is 6.52. The van der Waals surface area contributed by atoms with E-state index in [1.165, 1.54) is 0 Å². The fraction of sp³-hybridized carbons (Fsp3) is 0.267. The second-order valence-electron chi connectivity index (χ2n) is 5.36. The highest BCUT2D eigenvalue weighted by Crippen LogP contribution is 2.34. The van der Waals surface area contributed by atoms with Gasteiger partial charge >= 0.3 is 6.03 Å². The molecule has 1 atom stereocenters. The Bertz CT molecular complexity index is 758. The van der Waals surface area contributed by atoms with Gasteiger partial charge in [-0.25, -0.2) is 4.79 Å². The highest BCUT2D eigenvalue weighted by molar-refractivity contribution is 9.10. The number of carbonyl (C=O) groups excluding carboxylic acids is 2. The average Bonchev–Trinajstić information content (AvgIpc) is 2.97. The number of aromatic nitrogens is 1. The standard InChI is InChI=1S/C15H14BrN3O3/c1-9-7-10(22-18-9)8-19-13(20)15(2,17-14(19)21)11-5-3-4-6-12(11)16/h3-7H,8H2,1-2H3,(H,17,21). The Balaban J connectivity index is 1.92. The highest BCUT2D eigenvalue weighted by atomic mass is 79.9. The molecule has 1 aromatic heterocycles. The molecule has 0 spiro atoms. The second-order valence-corrected chi connectivity index (χ2v) is 6.22. The van der Waals surface area contributed by atoms with E-state index in [2.05, 4.69) is 26.4 Å². The maximum Gasteiger partial charge on any atom is 0.325 e. The topological polar surface area (TPSA) is 75.4 Å². The third-order valence-corrected chi connectivity index (χ3v) is 4.37. The first kappa shape index (κ1) is 14.8. The number of amides is 3. The zero-order valence-electron chi connectivity index (χ0n) is 12.1. The number of hydrogen-bond donors (Lipinski definition) is 1. The number of carbonyl (C=O) groups is 2. The maximum absolute atomic E-state index is 12.8. The minimum atomic E-state index is -1.10. The van der Waals surface area contributed by atoms with Gasteiger partial charge in [0.05, 0.1) is 12.2 Å². The van der Waals surface area contributed by atoms with Gasteiger partial charge in [0, 0.05) is 16.1 Å². The summed E-state index contributed by atoms with van der Waals surface area (Å²) >= 11 is 3.43. The van der Waals surface area contributed by atoms with Crippen molar-refractivity contribution in [3.63, 3.8) is 0 Å². The van der Waals surface area contributed by atoms with Gasteiger partial charge in [-0.3, -0.25) is 9.69 Å². The number of benzene rings is 1. The van der Waals surface area contributed by atoms with Crippen LogP contribution in [0.1, 0.15) is 23.9 Å². The zero-order chi connectivity index (χ0) is 15.9. The van der Waals surface area contributed by atoms with Crippen molar-refractivity contribution in [1.29, 1.82) is 0 Å². The van der Waals surface area contributed by atoms with Crippen LogP contribution in [0.3, 0.4) is 0 Å². The van der Waals surface area contributed by atoms with E-state index >= 15 is 0 Å². The van der Waals surface area contributed by atoms with Crippen LogP contribution in [0, 0.1) is 6.92 Å². The maximum atomic E-state index is 12.8. The van der Waals surface area contributed by atoms with Crippen LogP contribution >= 0.6 is 15.9 Å². The Hall–Kier alpha value is -2.15. The van der Waals surface area contributed by atoms with Gasteiger partial charge in [-0.05, 0) is 19.9 Å². The molecule has 3 rings (SSSR count). The third kappa shape index (κ3) is 2.31. The number of nitrogens with zero attached hydrogens (tertiary/aromatic N) is 2. The minimum absolute atomic E-state index is 0.0611. The lowest BCUT2D eigenvalue weighted by atomic mass is 9.92. The van der Waals surface area contributed by atoms with Gasteiger partial charge in [0.15, 0.2) is 5.76 Å². The summed E-state index contributed by atoms with van der Waals surface area (Å²) in [4.78, 5) is 26.1. The summed E-state index contributed by atoms with van der Waals surface area (Å²) in [6.45, 7) is 3.54. The van der Waals surface area contributed by atoms with Crippen LogP contribution < -0.4 is 5.32 Å². The van der Waals surface area contributed by atoms with Crippen LogP contribution in [-0.4, -0.2) is 22.0 Å². The van der Waals surface area contributed by atoms with Crippen LogP contribution in [0.25, 0.3) is 0 Å². The van der Waals surface area contributed by atoms with Gasteiger partial charge < -0.3 is 9.84 Å². The van der Waals surface area contributed by atoms with Crippen molar-refractivity contribution in [3.8, 4) is 0 Å². The molecular weight excluding hydrogens is 350 g/mol. The summed E-state index contributed by atoms with van der Waals surface area (Å²) in [6, 6.07) is 8.58. The quantitative estimate of drug-likeness (QED) is 0.850. The molecule has 6 nitrogen and oxygen atoms in total. The van der Waals surface area contributed by atoms with E-state index in [0.29, 0.717) is 17.0 Å². The van der Waals surface area contributed by atoms with Crippen molar-refractivity contribution in [3.05, 3.63) is 51.8 Å². The normalized spacial score (nSPS) is 21.3. The largest absolute Gasteiger partial charge is 0.359 e. The zero-order valence-corrected chi connectivity index (χ0v) is 13.7. The summed E-state index contributed by atoms with van der Waals surface area (Å²) in [7, 11) is 0. The SMILES string of the molecule is Cc1cc(CN2C(=O)NC(C)(c3ccccc3Br)C2=O)on1. The predicted molar refractivity (Wildman–Crippen MR) is 81.8 cm³/mol. The Kier molecular flexibility index (Phi) is 3.52. The number of hydrogen-bond acceptors (Lipinski definition) is 4. The fourth-order valence-electron chi connectivity index (χ4n) is 2.54. The molecule has 3 amide bonds. The predicted octanol–water partition coefficient (Wildman–Crippen LogP) is 2.71. The van der Waals surface area contributed by atoms with E-state index < -0.39 is 11.6 Å². The van der Waals surface area contributed by atoms with Crippen molar-refractivity contribution in [1.82, 2.24) is 15.4 Å². The summed E-state index contributed by atoms with van der Waals surface area (Å²) < 4.78 is 5.85. The monoisotopic (exact) mass is 363 g/mol. The Morgan fingerprint density at radius 2 is 2.09 bits per heavy atom. The van der Waals surface area contributed by atoms with Gasteiger partial charge in [0.2, 0.25) is 0 Å². The van der Waals surface area contributed by atoms with E-state index in [-0.39, 0.29) is 12.5 Å². The molecule has 22 heavy (non-hydrogen) atoms. The molecule has 1 N–H and O–H groups in total. The van der Waals surface area contributed by atoms with E-state index in [9.17, 15) is 9.59 Å². The van der Waals surface area contributed by atoms with Crippen LogP contribution in [0.2, 0.25) is 0 Å². The summed E-state index contributed by atoms with van der Waals surface area (Å²) in [5.74, 6) is 0.149. The molecule has 0 radical (unpaired) electrons. The number of rotatable bonds is 3. The lowest BCUT2D eigenvalue weighted by molar-refractivity contribution is -0.131. The number of aryl methyl sites for hydroxylation is 1. The summed E-state index contributed by atoms with van der Waals surface area (Å²) in [5.41, 5.74) is 0.312. The van der Waals surface area contributed by atoms with E-state index in [0.717, 1.165) is 9.37 Å². The lowest BCUT2D eigenvalue weighted by Gasteiger charge is -2.23. The molecule has 1 aliphatic rings. The number of halogens is 1. The molecule has 1 fully saturated rings. The molecule has 7 heteroatoms. The summed E-state index contributed by atoms with van der Waals surface area (Å²) in [6.07, 6.45) is 0. The fourth-order valence-corrected chi connectivity index (χ4v) is 3.22. The first-order chi connectivity index (χ1) is 10.4. The van der Waals surface area contributed by atoms with Crippen molar-refractivity contribution in [2.75, 3.05) is 0 Å². The smallest absolute Gasteiger partial charge is 0.325 e. The molecular formula is C15H14BrN3O3. The van der Waals surface area contributed by atoms with Crippen LogP contribution in [0.4, 0.5) is 4.79 Å². The van der Waals surface area contributed by atoms with Crippen molar-refractivity contribution >= 4 is 27.9 Å². The number of imide groups is 1. The Morgan fingerprint density at radius 1 is 1.36 bits per heavy atom. The first-order valence-corrected chi connectivity index (χ1v) is 7.52. The third-order valence-electron chi connectivity index (χ3n) is 3.68. The molecule has 1 aliphatic heterocycles. The van der Waals surface area contributed by atoms with Crippen molar-refractivity contribution in [2.45, 2.75) is 25.9 Å². The van der Waals surface area contributed by atoms with E-state index in [4.69, 9.17) is 4.52 Å². The van der Waals surface area contributed by atoms with Gasteiger partial charge in [-0.1, -0.05) is 39.3 Å².